The number of nitrogens with one attached hydrogen (secondary N) is 1. The van der Waals surface area contributed by atoms with Gasteiger partial charge in [-0.1, -0.05) is 12.1 Å². The minimum atomic E-state index is -0.522. The molecule has 1 saturated heterocycles. The Morgan fingerprint density at radius 1 is 1.23 bits per heavy atom. The van der Waals surface area contributed by atoms with Gasteiger partial charge in [0.05, 0.1) is 19.0 Å². The monoisotopic (exact) mass is 429 g/mol. The molecule has 0 saturated carbocycles. The number of piperazine rings is 1. The smallest absolute Gasteiger partial charge is 0.409 e. The van der Waals surface area contributed by atoms with Crippen LogP contribution in [0.4, 0.5) is 20.6 Å². The molecule has 2 amide bonds. The summed E-state index contributed by atoms with van der Waals surface area (Å²) in [6.45, 7) is 3.92. The fraction of sp³-hybridized carbons (Fsp3) is 0.333. The van der Waals surface area contributed by atoms with E-state index in [0.29, 0.717) is 56.1 Å². The normalized spacial score (nSPS) is 14.1. The number of ether oxygens (including phenoxy) is 1. The molecule has 2 heterocycles. The number of pyridine rings is 1. The number of carbonyl (C=O) groups excluding carboxylic acids is 3. The maximum atomic E-state index is 15.2. The first-order chi connectivity index (χ1) is 14.9. The van der Waals surface area contributed by atoms with Crippen LogP contribution in [0.1, 0.15) is 23.0 Å². The molecule has 0 radical (unpaired) electrons. The zero-order chi connectivity index (χ0) is 22.4. The highest BCUT2D eigenvalue weighted by molar-refractivity contribution is 5.92. The van der Waals surface area contributed by atoms with Crippen molar-refractivity contribution in [2.45, 2.75) is 13.5 Å². The van der Waals surface area contributed by atoms with E-state index in [1.807, 2.05) is 4.90 Å². The fourth-order valence-corrected chi connectivity index (χ4v) is 3.28. The quantitative estimate of drug-likeness (QED) is 0.410. The molecular formula is C21H24FN5O4. The van der Waals surface area contributed by atoms with Gasteiger partial charge in [0.2, 0.25) is 6.41 Å². The SMILES string of the molecule is COC(=O)N1CCN(Cc2cccc(N(C=O)Nc3ccc(C(C)=O)nc3)c2F)CC1. The van der Waals surface area contributed by atoms with E-state index in [4.69, 9.17) is 4.74 Å². The van der Waals surface area contributed by atoms with Gasteiger partial charge in [-0.15, -0.1) is 0 Å². The maximum absolute atomic E-state index is 15.2. The largest absolute Gasteiger partial charge is 0.453 e. The Morgan fingerprint density at radius 2 is 1.97 bits per heavy atom. The topological polar surface area (TPSA) is 95.1 Å². The number of anilines is 2. The summed E-state index contributed by atoms with van der Waals surface area (Å²) in [5, 5.41) is 1.03. The molecule has 2 aromatic rings. The molecular weight excluding hydrogens is 405 g/mol. The Hall–Kier alpha value is -3.53. The third kappa shape index (κ3) is 5.34. The second-order valence-corrected chi connectivity index (χ2v) is 7.06. The lowest BCUT2D eigenvalue weighted by atomic mass is 10.1. The van der Waals surface area contributed by atoms with Gasteiger partial charge in [0.25, 0.3) is 0 Å². The summed E-state index contributed by atoms with van der Waals surface area (Å²) in [5.41, 5.74) is 4.01. The number of aromatic nitrogens is 1. The van der Waals surface area contributed by atoms with Crippen LogP contribution in [0.2, 0.25) is 0 Å². The number of hydrogen-bond donors (Lipinski definition) is 1. The molecule has 0 bridgehead atoms. The van der Waals surface area contributed by atoms with Gasteiger partial charge in [0, 0.05) is 45.2 Å². The predicted octanol–water partition coefficient (Wildman–Crippen LogP) is 2.30. The molecule has 1 fully saturated rings. The molecule has 1 aromatic carbocycles. The van der Waals surface area contributed by atoms with Crippen LogP contribution in [0.5, 0.6) is 0 Å². The van der Waals surface area contributed by atoms with Crippen LogP contribution in [-0.2, 0) is 16.1 Å². The van der Waals surface area contributed by atoms with E-state index in [2.05, 4.69) is 10.4 Å². The fourth-order valence-electron chi connectivity index (χ4n) is 3.28. The predicted molar refractivity (Wildman–Crippen MR) is 112 cm³/mol. The van der Waals surface area contributed by atoms with Crippen molar-refractivity contribution in [1.29, 1.82) is 0 Å². The summed E-state index contributed by atoms with van der Waals surface area (Å²) in [6.07, 6.45) is 1.50. The lowest BCUT2D eigenvalue weighted by Gasteiger charge is -2.34. The first-order valence-corrected chi connectivity index (χ1v) is 9.73. The Labute approximate surface area is 179 Å². The molecule has 0 unspecified atom stereocenters. The number of rotatable bonds is 7. The van der Waals surface area contributed by atoms with Gasteiger partial charge in [0.1, 0.15) is 11.4 Å². The molecule has 164 valence electrons. The van der Waals surface area contributed by atoms with E-state index in [1.165, 1.54) is 32.4 Å². The molecule has 1 aliphatic rings. The Bertz CT molecular complexity index is 945. The number of amides is 2. The van der Waals surface area contributed by atoms with E-state index >= 15 is 4.39 Å². The van der Waals surface area contributed by atoms with Crippen molar-refractivity contribution in [3.63, 3.8) is 0 Å². The molecule has 31 heavy (non-hydrogen) atoms. The van der Waals surface area contributed by atoms with Crippen molar-refractivity contribution in [2.24, 2.45) is 0 Å². The van der Waals surface area contributed by atoms with Gasteiger partial charge in [-0.25, -0.2) is 14.2 Å². The molecule has 1 aromatic heterocycles. The van der Waals surface area contributed by atoms with E-state index in [9.17, 15) is 14.4 Å². The highest BCUT2D eigenvalue weighted by atomic mass is 19.1. The van der Waals surface area contributed by atoms with Gasteiger partial charge in [-0.05, 0) is 18.2 Å². The van der Waals surface area contributed by atoms with E-state index in [1.54, 1.807) is 23.1 Å². The second kappa shape index (κ2) is 9.98. The first-order valence-electron chi connectivity index (χ1n) is 9.73. The summed E-state index contributed by atoms with van der Waals surface area (Å²) >= 11 is 0. The number of Topliss-reactive ketones (excluding diaryl/α,β-unsaturated/α-hetero) is 1. The van der Waals surface area contributed by atoms with Crippen LogP contribution >= 0.6 is 0 Å². The zero-order valence-electron chi connectivity index (χ0n) is 17.4. The van der Waals surface area contributed by atoms with Gasteiger partial charge >= 0.3 is 6.09 Å². The lowest BCUT2D eigenvalue weighted by Crippen LogP contribution is -2.48. The number of halogens is 1. The highest BCUT2D eigenvalue weighted by Crippen LogP contribution is 2.24. The molecule has 0 atom stereocenters. The summed E-state index contributed by atoms with van der Waals surface area (Å²) in [4.78, 5) is 42.2. The molecule has 0 spiro atoms. The van der Waals surface area contributed by atoms with Crippen molar-refractivity contribution >= 4 is 29.7 Å². The van der Waals surface area contributed by atoms with Crippen molar-refractivity contribution in [2.75, 3.05) is 43.7 Å². The summed E-state index contributed by atoms with van der Waals surface area (Å²) in [5.74, 6) is -0.698. The van der Waals surface area contributed by atoms with E-state index < -0.39 is 5.82 Å². The number of nitrogens with zero attached hydrogens (tertiary/aromatic N) is 4. The number of methoxy groups -OCH3 is 1. The third-order valence-corrected chi connectivity index (χ3v) is 5.00. The number of hydrogen-bond acceptors (Lipinski definition) is 7. The Balaban J connectivity index is 1.69. The standard InChI is InChI=1S/C21H24FN5O4/c1-15(29)18-7-6-17(12-23-18)24-27(14-28)19-5-3-4-16(20(19)22)13-25-8-10-26(11-9-25)21(30)31-2/h3-7,12,14,24H,8-11,13H2,1-2H3. The zero-order valence-corrected chi connectivity index (χ0v) is 17.4. The van der Waals surface area contributed by atoms with Crippen molar-refractivity contribution in [1.82, 2.24) is 14.8 Å². The molecule has 1 N–H and O–H groups in total. The van der Waals surface area contributed by atoms with Crippen LogP contribution in [0, 0.1) is 5.82 Å². The number of benzene rings is 1. The highest BCUT2D eigenvalue weighted by Gasteiger charge is 2.23. The Kier molecular flexibility index (Phi) is 7.14. The van der Waals surface area contributed by atoms with Crippen LogP contribution < -0.4 is 10.4 Å². The molecule has 9 nitrogen and oxygen atoms in total. The van der Waals surface area contributed by atoms with Gasteiger partial charge < -0.3 is 9.64 Å². The van der Waals surface area contributed by atoms with Crippen molar-refractivity contribution in [3.05, 3.63) is 53.6 Å². The number of hydrazine groups is 1. The van der Waals surface area contributed by atoms with E-state index in [0.717, 1.165) is 5.01 Å². The van der Waals surface area contributed by atoms with Gasteiger partial charge in [0.15, 0.2) is 11.6 Å². The van der Waals surface area contributed by atoms with Crippen LogP contribution in [-0.4, -0.2) is 66.4 Å². The van der Waals surface area contributed by atoms with E-state index in [-0.39, 0.29) is 17.6 Å². The summed E-state index contributed by atoms with van der Waals surface area (Å²) in [6, 6.07) is 7.94. The average Bonchev–Trinajstić information content (AvgIpc) is 2.79. The lowest BCUT2D eigenvalue weighted by molar-refractivity contribution is -0.107. The van der Waals surface area contributed by atoms with Crippen LogP contribution in [0.3, 0.4) is 0 Å². The van der Waals surface area contributed by atoms with Gasteiger partial charge in [-0.3, -0.25) is 24.9 Å². The van der Waals surface area contributed by atoms with Crippen LogP contribution in [0.25, 0.3) is 0 Å². The maximum Gasteiger partial charge on any atom is 0.409 e. The summed E-state index contributed by atoms with van der Waals surface area (Å²) < 4.78 is 19.9. The van der Waals surface area contributed by atoms with Crippen molar-refractivity contribution in [3.8, 4) is 0 Å². The minimum Gasteiger partial charge on any atom is -0.453 e. The molecule has 3 rings (SSSR count). The third-order valence-electron chi connectivity index (χ3n) is 5.00. The minimum absolute atomic E-state index is 0.0661. The van der Waals surface area contributed by atoms with Gasteiger partial charge in [-0.2, -0.15) is 0 Å². The van der Waals surface area contributed by atoms with Crippen molar-refractivity contribution < 1.29 is 23.5 Å². The summed E-state index contributed by atoms with van der Waals surface area (Å²) in [7, 11) is 1.34. The molecule has 10 heteroatoms. The number of ketones is 1. The second-order valence-electron chi connectivity index (χ2n) is 7.06. The van der Waals surface area contributed by atoms with Crippen LogP contribution in [0.15, 0.2) is 36.5 Å². The Morgan fingerprint density at radius 3 is 2.55 bits per heavy atom. The molecule has 1 aliphatic heterocycles. The molecule has 0 aliphatic carbocycles. The average molecular weight is 429 g/mol. The first kappa shape index (κ1) is 22.2. The number of carbonyl (C=O) groups is 3.